The standard InChI is InChI=1S/C18H28N2O2.ClH/c1-13(2)10-15(12-19)20-18(21)14-6-5-9-17(11-14)22-16-7-3-4-8-16;/h5-6,9,11,13,15-16H,3-4,7-8,10,12,19H2,1-2H3,(H,20,21);1H. The third-order valence-corrected chi connectivity index (χ3v) is 4.08. The lowest BCUT2D eigenvalue weighted by molar-refractivity contribution is 0.0933. The summed E-state index contributed by atoms with van der Waals surface area (Å²) in [7, 11) is 0. The molecule has 1 aromatic rings. The molecule has 0 saturated heterocycles. The molecular formula is C18H29ClN2O2. The minimum atomic E-state index is -0.0760. The third kappa shape index (κ3) is 6.40. The van der Waals surface area contributed by atoms with Crippen LogP contribution in [-0.4, -0.2) is 24.6 Å². The summed E-state index contributed by atoms with van der Waals surface area (Å²) < 4.78 is 5.96. The number of hydrogen-bond donors (Lipinski definition) is 2. The molecule has 1 unspecified atom stereocenters. The Morgan fingerprint density at radius 2 is 2.04 bits per heavy atom. The zero-order valence-corrected chi connectivity index (χ0v) is 14.9. The van der Waals surface area contributed by atoms with Gasteiger partial charge in [0.2, 0.25) is 0 Å². The molecule has 0 spiro atoms. The van der Waals surface area contributed by atoms with Crippen molar-refractivity contribution in [3.8, 4) is 5.75 Å². The topological polar surface area (TPSA) is 64.3 Å². The average molecular weight is 341 g/mol. The molecule has 3 N–H and O–H groups in total. The summed E-state index contributed by atoms with van der Waals surface area (Å²) in [6.07, 6.45) is 5.88. The number of amides is 1. The molecule has 1 aliphatic carbocycles. The number of rotatable bonds is 7. The van der Waals surface area contributed by atoms with Gasteiger partial charge in [-0.2, -0.15) is 0 Å². The van der Waals surface area contributed by atoms with Gasteiger partial charge >= 0.3 is 0 Å². The first-order valence-corrected chi connectivity index (χ1v) is 8.36. The fourth-order valence-electron chi connectivity index (χ4n) is 2.96. The van der Waals surface area contributed by atoms with Gasteiger partial charge < -0.3 is 15.8 Å². The lowest BCUT2D eigenvalue weighted by Crippen LogP contribution is -2.41. The summed E-state index contributed by atoms with van der Waals surface area (Å²) >= 11 is 0. The van der Waals surface area contributed by atoms with Crippen LogP contribution in [0.4, 0.5) is 0 Å². The van der Waals surface area contributed by atoms with Crippen molar-refractivity contribution in [2.75, 3.05) is 6.54 Å². The second-order valence-electron chi connectivity index (χ2n) is 6.59. The normalized spacial score (nSPS) is 16.0. The van der Waals surface area contributed by atoms with Crippen LogP contribution < -0.4 is 15.8 Å². The van der Waals surface area contributed by atoms with Crippen molar-refractivity contribution in [2.45, 2.75) is 58.1 Å². The fourth-order valence-corrected chi connectivity index (χ4v) is 2.96. The van der Waals surface area contributed by atoms with Crippen molar-refractivity contribution in [3.63, 3.8) is 0 Å². The molecular weight excluding hydrogens is 312 g/mol. The number of nitrogens with two attached hydrogens (primary N) is 1. The molecule has 1 fully saturated rings. The van der Waals surface area contributed by atoms with E-state index in [1.807, 2.05) is 24.3 Å². The summed E-state index contributed by atoms with van der Waals surface area (Å²) in [5.41, 5.74) is 6.38. The minimum absolute atomic E-state index is 0. The van der Waals surface area contributed by atoms with E-state index in [1.54, 1.807) is 0 Å². The monoisotopic (exact) mass is 340 g/mol. The van der Waals surface area contributed by atoms with E-state index >= 15 is 0 Å². The van der Waals surface area contributed by atoms with E-state index in [1.165, 1.54) is 12.8 Å². The number of nitrogens with one attached hydrogen (secondary N) is 1. The van der Waals surface area contributed by atoms with Crippen LogP contribution in [0.3, 0.4) is 0 Å². The molecule has 0 aliphatic heterocycles. The van der Waals surface area contributed by atoms with Gasteiger partial charge in [-0.3, -0.25) is 4.79 Å². The molecule has 0 heterocycles. The first-order valence-electron chi connectivity index (χ1n) is 8.36. The molecule has 0 bridgehead atoms. The highest BCUT2D eigenvalue weighted by Gasteiger charge is 2.18. The van der Waals surface area contributed by atoms with E-state index in [0.29, 0.717) is 24.1 Å². The van der Waals surface area contributed by atoms with Gasteiger partial charge in [0.25, 0.3) is 5.91 Å². The zero-order chi connectivity index (χ0) is 15.9. The maximum absolute atomic E-state index is 12.4. The predicted molar refractivity (Wildman–Crippen MR) is 96.3 cm³/mol. The first-order chi connectivity index (χ1) is 10.6. The van der Waals surface area contributed by atoms with Gasteiger partial charge in [-0.1, -0.05) is 19.9 Å². The number of hydrogen-bond acceptors (Lipinski definition) is 3. The summed E-state index contributed by atoms with van der Waals surface area (Å²) in [5, 5.41) is 3.02. The van der Waals surface area contributed by atoms with Crippen molar-refractivity contribution in [1.29, 1.82) is 0 Å². The Labute approximate surface area is 145 Å². The van der Waals surface area contributed by atoms with Crippen molar-refractivity contribution in [3.05, 3.63) is 29.8 Å². The maximum atomic E-state index is 12.4. The van der Waals surface area contributed by atoms with E-state index < -0.39 is 0 Å². The van der Waals surface area contributed by atoms with Gasteiger partial charge in [0, 0.05) is 18.2 Å². The van der Waals surface area contributed by atoms with Crippen LogP contribution in [0.2, 0.25) is 0 Å². The van der Waals surface area contributed by atoms with Crippen LogP contribution in [-0.2, 0) is 0 Å². The second-order valence-corrected chi connectivity index (χ2v) is 6.59. The van der Waals surface area contributed by atoms with Crippen molar-refractivity contribution in [1.82, 2.24) is 5.32 Å². The Balaban J connectivity index is 0.00000264. The van der Waals surface area contributed by atoms with Crippen LogP contribution >= 0.6 is 12.4 Å². The molecule has 1 aliphatic rings. The molecule has 4 nitrogen and oxygen atoms in total. The van der Waals surface area contributed by atoms with Gasteiger partial charge in [-0.25, -0.2) is 0 Å². The van der Waals surface area contributed by atoms with E-state index in [4.69, 9.17) is 10.5 Å². The quantitative estimate of drug-likeness (QED) is 0.798. The molecule has 23 heavy (non-hydrogen) atoms. The molecule has 130 valence electrons. The zero-order valence-electron chi connectivity index (χ0n) is 14.1. The van der Waals surface area contributed by atoms with E-state index in [2.05, 4.69) is 19.2 Å². The maximum Gasteiger partial charge on any atom is 0.251 e. The Kier molecular flexibility index (Phi) is 8.42. The van der Waals surface area contributed by atoms with Crippen molar-refractivity contribution < 1.29 is 9.53 Å². The fraction of sp³-hybridized carbons (Fsp3) is 0.611. The molecule has 1 aromatic carbocycles. The van der Waals surface area contributed by atoms with Crippen molar-refractivity contribution in [2.24, 2.45) is 11.7 Å². The number of benzene rings is 1. The highest BCUT2D eigenvalue weighted by atomic mass is 35.5. The average Bonchev–Trinajstić information content (AvgIpc) is 2.99. The summed E-state index contributed by atoms with van der Waals surface area (Å²) in [5.74, 6) is 1.21. The minimum Gasteiger partial charge on any atom is -0.490 e. The van der Waals surface area contributed by atoms with Gasteiger partial charge in [-0.05, 0) is 56.2 Å². The molecule has 1 amide bonds. The number of ether oxygens (including phenoxy) is 1. The molecule has 0 radical (unpaired) electrons. The Bertz CT molecular complexity index is 488. The number of carbonyl (C=O) groups excluding carboxylic acids is 1. The molecule has 1 saturated carbocycles. The highest BCUT2D eigenvalue weighted by molar-refractivity contribution is 5.94. The van der Waals surface area contributed by atoms with Gasteiger partial charge in [0.15, 0.2) is 0 Å². The largest absolute Gasteiger partial charge is 0.490 e. The first kappa shape index (κ1) is 19.8. The van der Waals surface area contributed by atoms with Crippen LogP contribution in [0, 0.1) is 5.92 Å². The Morgan fingerprint density at radius 3 is 2.65 bits per heavy atom. The highest BCUT2D eigenvalue weighted by Crippen LogP contribution is 2.24. The summed E-state index contributed by atoms with van der Waals surface area (Å²) in [6.45, 7) is 4.72. The van der Waals surface area contributed by atoms with Crippen LogP contribution in [0.1, 0.15) is 56.3 Å². The van der Waals surface area contributed by atoms with Gasteiger partial charge in [0.1, 0.15) is 5.75 Å². The van der Waals surface area contributed by atoms with Crippen molar-refractivity contribution >= 4 is 18.3 Å². The second kappa shape index (κ2) is 9.78. The number of halogens is 1. The smallest absolute Gasteiger partial charge is 0.251 e. The SMILES string of the molecule is CC(C)CC(CN)NC(=O)c1cccc(OC2CCCC2)c1.Cl. The van der Waals surface area contributed by atoms with Crippen LogP contribution in [0.5, 0.6) is 5.75 Å². The molecule has 2 rings (SSSR count). The Hall–Kier alpha value is -1.26. The van der Waals surface area contributed by atoms with Crippen LogP contribution in [0.15, 0.2) is 24.3 Å². The molecule has 1 atom stereocenters. The van der Waals surface area contributed by atoms with Crippen LogP contribution in [0.25, 0.3) is 0 Å². The summed E-state index contributed by atoms with van der Waals surface area (Å²) in [6, 6.07) is 7.46. The lowest BCUT2D eigenvalue weighted by atomic mass is 10.0. The van der Waals surface area contributed by atoms with Gasteiger partial charge in [0.05, 0.1) is 6.10 Å². The lowest BCUT2D eigenvalue weighted by Gasteiger charge is -2.19. The van der Waals surface area contributed by atoms with E-state index in [9.17, 15) is 4.79 Å². The molecule has 0 aromatic heterocycles. The summed E-state index contributed by atoms with van der Waals surface area (Å²) in [4.78, 5) is 12.4. The third-order valence-electron chi connectivity index (χ3n) is 4.08. The van der Waals surface area contributed by atoms with E-state index in [-0.39, 0.29) is 24.4 Å². The predicted octanol–water partition coefficient (Wildman–Crippen LogP) is 3.53. The number of carbonyl (C=O) groups is 1. The Morgan fingerprint density at radius 1 is 1.35 bits per heavy atom. The molecule has 5 heteroatoms. The van der Waals surface area contributed by atoms with E-state index in [0.717, 1.165) is 25.0 Å². The van der Waals surface area contributed by atoms with Gasteiger partial charge in [-0.15, -0.1) is 12.4 Å².